The minimum Gasteiger partial charge on any atom is -0.481 e. The Bertz CT molecular complexity index is 842. The van der Waals surface area contributed by atoms with Gasteiger partial charge in [0.25, 0.3) is 0 Å². The molecule has 2 aromatic heterocycles. The normalized spacial score (nSPS) is 12.1. The zero-order valence-corrected chi connectivity index (χ0v) is 14.3. The first-order chi connectivity index (χ1) is 12.1. The summed E-state index contributed by atoms with van der Waals surface area (Å²) in [6.45, 7) is 2.83. The van der Waals surface area contributed by atoms with Crippen LogP contribution in [0.3, 0.4) is 0 Å². The van der Waals surface area contributed by atoms with E-state index in [1.54, 1.807) is 6.20 Å². The van der Waals surface area contributed by atoms with E-state index >= 15 is 0 Å². The quantitative estimate of drug-likeness (QED) is 0.691. The highest BCUT2D eigenvalue weighted by molar-refractivity contribution is 5.84. The predicted octanol–water partition coefficient (Wildman–Crippen LogP) is 3.27. The zero-order valence-electron chi connectivity index (χ0n) is 14.3. The predicted molar refractivity (Wildman–Crippen MR) is 97.4 cm³/mol. The zero-order chi connectivity index (χ0) is 17.8. The summed E-state index contributed by atoms with van der Waals surface area (Å²) in [5, 5.41) is 10.6. The van der Waals surface area contributed by atoms with Crippen LogP contribution in [-0.4, -0.2) is 41.2 Å². The van der Waals surface area contributed by atoms with E-state index < -0.39 is 11.9 Å². The number of nitrogens with zero attached hydrogens (tertiary/aromatic N) is 2. The van der Waals surface area contributed by atoms with E-state index in [2.05, 4.69) is 9.97 Å². The second kappa shape index (κ2) is 7.25. The smallest absolute Gasteiger partial charge is 0.316 e. The molecule has 0 aliphatic heterocycles. The molecule has 0 saturated heterocycles. The third-order valence-electron chi connectivity index (χ3n) is 4.25. The first-order valence-corrected chi connectivity index (χ1v) is 8.19. The largest absolute Gasteiger partial charge is 0.481 e. The number of fused-ring (bicyclic) bond motifs is 1. The number of carboxylic acid groups (broad SMARTS) is 1. The van der Waals surface area contributed by atoms with E-state index in [1.165, 1.54) is 0 Å². The van der Waals surface area contributed by atoms with Crippen molar-refractivity contribution >= 4 is 22.6 Å². The van der Waals surface area contributed by atoms with Crippen LogP contribution >= 0.6 is 0 Å². The van der Waals surface area contributed by atoms with Crippen LogP contribution in [0.2, 0.25) is 0 Å². The van der Waals surface area contributed by atoms with Crippen molar-refractivity contribution in [1.29, 1.82) is 0 Å². The standard InChI is InChI=1S/C19H21N3O3/c1-3-22(2)17-9-6-10-20-18(17)25-12-14(19(23)24)16-11-13-7-4-5-8-15(13)21-16/h4-11,14,21H,3,12H2,1-2H3,(H,23,24). The molecule has 0 bridgehead atoms. The number of H-pyrrole nitrogens is 1. The van der Waals surface area contributed by atoms with Crippen LogP contribution in [-0.2, 0) is 4.79 Å². The summed E-state index contributed by atoms with van der Waals surface area (Å²) < 4.78 is 5.78. The average Bonchev–Trinajstić information content (AvgIpc) is 3.05. The van der Waals surface area contributed by atoms with Crippen LogP contribution < -0.4 is 9.64 Å². The molecular weight excluding hydrogens is 318 g/mol. The molecular formula is C19H21N3O3. The fraction of sp³-hybridized carbons (Fsp3) is 0.263. The van der Waals surface area contributed by atoms with Gasteiger partial charge >= 0.3 is 5.97 Å². The van der Waals surface area contributed by atoms with Crippen molar-refractivity contribution in [1.82, 2.24) is 9.97 Å². The van der Waals surface area contributed by atoms with E-state index in [-0.39, 0.29) is 6.61 Å². The summed E-state index contributed by atoms with van der Waals surface area (Å²) in [6, 6.07) is 13.3. The fourth-order valence-electron chi connectivity index (χ4n) is 2.69. The molecule has 25 heavy (non-hydrogen) atoms. The summed E-state index contributed by atoms with van der Waals surface area (Å²) in [5.41, 5.74) is 2.37. The molecule has 0 fully saturated rings. The van der Waals surface area contributed by atoms with E-state index in [4.69, 9.17) is 4.74 Å². The molecule has 6 heteroatoms. The maximum absolute atomic E-state index is 11.7. The molecule has 1 atom stereocenters. The number of benzene rings is 1. The second-order valence-electron chi connectivity index (χ2n) is 5.86. The van der Waals surface area contributed by atoms with Gasteiger partial charge < -0.3 is 19.7 Å². The third-order valence-corrected chi connectivity index (χ3v) is 4.25. The maximum atomic E-state index is 11.7. The number of pyridine rings is 1. The molecule has 1 aromatic carbocycles. The van der Waals surface area contributed by atoms with Crippen molar-refractivity contribution < 1.29 is 14.6 Å². The summed E-state index contributed by atoms with van der Waals surface area (Å²) in [6.07, 6.45) is 1.64. The number of nitrogens with one attached hydrogen (secondary N) is 1. The lowest BCUT2D eigenvalue weighted by Crippen LogP contribution is -2.22. The van der Waals surface area contributed by atoms with Crippen molar-refractivity contribution in [2.75, 3.05) is 25.1 Å². The number of rotatable bonds is 7. The van der Waals surface area contributed by atoms with Gasteiger partial charge in [0.15, 0.2) is 0 Å². The summed E-state index contributed by atoms with van der Waals surface area (Å²) in [5.74, 6) is -1.30. The summed E-state index contributed by atoms with van der Waals surface area (Å²) in [4.78, 5) is 21.2. The number of ether oxygens (including phenoxy) is 1. The minimum atomic E-state index is -0.937. The lowest BCUT2D eigenvalue weighted by Gasteiger charge is -2.20. The van der Waals surface area contributed by atoms with Gasteiger partial charge in [-0.1, -0.05) is 18.2 Å². The number of hydrogen-bond acceptors (Lipinski definition) is 4. The Morgan fingerprint density at radius 3 is 2.84 bits per heavy atom. The molecule has 2 N–H and O–H groups in total. The molecule has 0 spiro atoms. The monoisotopic (exact) mass is 339 g/mol. The van der Waals surface area contributed by atoms with Crippen LogP contribution in [0.15, 0.2) is 48.7 Å². The van der Waals surface area contributed by atoms with E-state index in [1.807, 2.05) is 61.3 Å². The Balaban J connectivity index is 1.83. The molecule has 0 saturated carbocycles. The van der Waals surface area contributed by atoms with Crippen molar-refractivity contribution in [2.24, 2.45) is 0 Å². The van der Waals surface area contributed by atoms with Gasteiger partial charge in [-0.3, -0.25) is 4.79 Å². The SMILES string of the molecule is CCN(C)c1cccnc1OCC(C(=O)O)c1cc2ccccc2[nH]1. The van der Waals surface area contributed by atoms with Gasteiger partial charge in [0.1, 0.15) is 12.5 Å². The summed E-state index contributed by atoms with van der Waals surface area (Å²) >= 11 is 0. The van der Waals surface area contributed by atoms with Crippen LogP contribution in [0.25, 0.3) is 10.9 Å². The number of aromatic nitrogens is 2. The Morgan fingerprint density at radius 2 is 2.12 bits per heavy atom. The van der Waals surface area contributed by atoms with Gasteiger partial charge in [-0.05, 0) is 36.6 Å². The topological polar surface area (TPSA) is 78.5 Å². The van der Waals surface area contributed by atoms with E-state index in [0.29, 0.717) is 11.6 Å². The number of hydrogen-bond donors (Lipinski definition) is 2. The molecule has 130 valence electrons. The summed E-state index contributed by atoms with van der Waals surface area (Å²) in [7, 11) is 1.94. The van der Waals surface area contributed by atoms with Crippen molar-refractivity contribution in [2.45, 2.75) is 12.8 Å². The van der Waals surface area contributed by atoms with Crippen molar-refractivity contribution in [3.8, 4) is 5.88 Å². The number of aliphatic carboxylic acids is 1. The Morgan fingerprint density at radius 1 is 1.32 bits per heavy atom. The Kier molecular flexibility index (Phi) is 4.88. The molecule has 2 heterocycles. The van der Waals surface area contributed by atoms with Gasteiger partial charge in [-0.25, -0.2) is 4.98 Å². The Labute approximate surface area is 146 Å². The molecule has 3 rings (SSSR count). The third kappa shape index (κ3) is 3.57. The molecule has 0 radical (unpaired) electrons. The molecule has 0 aliphatic rings. The lowest BCUT2D eigenvalue weighted by atomic mass is 10.1. The first-order valence-electron chi connectivity index (χ1n) is 8.19. The lowest BCUT2D eigenvalue weighted by molar-refractivity contribution is -0.139. The first kappa shape index (κ1) is 16.8. The Hall–Kier alpha value is -3.02. The molecule has 3 aromatic rings. The highest BCUT2D eigenvalue weighted by atomic mass is 16.5. The second-order valence-corrected chi connectivity index (χ2v) is 5.86. The number of para-hydroxylation sites is 1. The van der Waals surface area contributed by atoms with Crippen molar-refractivity contribution in [3.05, 3.63) is 54.4 Å². The molecule has 6 nitrogen and oxygen atoms in total. The van der Waals surface area contributed by atoms with Crippen molar-refractivity contribution in [3.63, 3.8) is 0 Å². The number of anilines is 1. The minimum absolute atomic E-state index is 0.00369. The number of carboxylic acids is 1. The van der Waals surface area contributed by atoms with Gasteiger partial charge in [-0.2, -0.15) is 0 Å². The van der Waals surface area contributed by atoms with Crippen LogP contribution in [0.1, 0.15) is 18.5 Å². The van der Waals surface area contributed by atoms with Crippen LogP contribution in [0.4, 0.5) is 5.69 Å². The molecule has 1 unspecified atom stereocenters. The van der Waals surface area contributed by atoms with Gasteiger partial charge in [0.05, 0.1) is 5.69 Å². The highest BCUT2D eigenvalue weighted by Gasteiger charge is 2.24. The van der Waals surface area contributed by atoms with E-state index in [9.17, 15) is 9.90 Å². The number of carbonyl (C=O) groups is 1. The van der Waals surface area contributed by atoms with Gasteiger partial charge in [0.2, 0.25) is 5.88 Å². The van der Waals surface area contributed by atoms with Crippen LogP contribution in [0, 0.1) is 0 Å². The van der Waals surface area contributed by atoms with E-state index in [0.717, 1.165) is 23.1 Å². The molecule has 0 aliphatic carbocycles. The highest BCUT2D eigenvalue weighted by Crippen LogP contribution is 2.27. The number of aromatic amines is 1. The maximum Gasteiger partial charge on any atom is 0.316 e. The van der Waals surface area contributed by atoms with Gasteiger partial charge in [-0.15, -0.1) is 0 Å². The van der Waals surface area contributed by atoms with Gasteiger partial charge in [0, 0.05) is 31.0 Å². The molecule has 0 amide bonds. The average molecular weight is 339 g/mol. The van der Waals surface area contributed by atoms with Crippen LogP contribution in [0.5, 0.6) is 5.88 Å². The fourth-order valence-corrected chi connectivity index (χ4v) is 2.69.